The van der Waals surface area contributed by atoms with Crippen molar-refractivity contribution in [1.82, 2.24) is 0 Å². The first kappa shape index (κ1) is 20.9. The Morgan fingerprint density at radius 3 is 2.12 bits per heavy atom. The third-order valence-electron chi connectivity index (χ3n) is 5.41. The summed E-state index contributed by atoms with van der Waals surface area (Å²) in [5.41, 5.74) is 5.46. The molecule has 1 nitrogen and oxygen atoms in total. The van der Waals surface area contributed by atoms with E-state index >= 15 is 0 Å². The average Bonchev–Trinajstić information content (AvgIpc) is 2.88. The summed E-state index contributed by atoms with van der Waals surface area (Å²) in [5.74, 6) is 0.407. The van der Waals surface area contributed by atoms with Gasteiger partial charge in [-0.05, 0) is 54.4 Å². The predicted molar refractivity (Wildman–Crippen MR) is 116 cm³/mol. The lowest BCUT2D eigenvalue weighted by Crippen LogP contribution is -2.26. The molecular formula is C24H36OSi. The zero-order valence-electron chi connectivity index (χ0n) is 17.5. The third kappa shape index (κ3) is 5.29. The van der Waals surface area contributed by atoms with Gasteiger partial charge >= 0.3 is 0 Å². The van der Waals surface area contributed by atoms with E-state index in [2.05, 4.69) is 63.8 Å². The first-order valence-electron chi connectivity index (χ1n) is 10.4. The van der Waals surface area contributed by atoms with Crippen LogP contribution in [0.1, 0.15) is 64.4 Å². The number of carbonyl (C=O) groups excluding carboxylic acids is 1. The monoisotopic (exact) mass is 368 g/mol. The summed E-state index contributed by atoms with van der Waals surface area (Å²) in [7, 11) is -1.45. The van der Waals surface area contributed by atoms with Crippen molar-refractivity contribution in [3.8, 4) is 0 Å². The van der Waals surface area contributed by atoms with Gasteiger partial charge in [-0.2, -0.15) is 0 Å². The minimum Gasteiger partial charge on any atom is -0.294 e. The normalized spacial score (nSPS) is 17.2. The molecule has 0 aliphatic heterocycles. The number of allylic oxidation sites excluding steroid dienone is 4. The van der Waals surface area contributed by atoms with Crippen LogP contribution in [0.3, 0.4) is 0 Å². The first-order valence-corrected chi connectivity index (χ1v) is 13.9. The van der Waals surface area contributed by atoms with E-state index in [1.807, 2.05) is 0 Å². The Bertz CT molecular complexity index is 674. The molecule has 1 aliphatic rings. The molecule has 0 atom stereocenters. The third-order valence-corrected chi connectivity index (χ3v) is 7.77. The summed E-state index contributed by atoms with van der Waals surface area (Å²) < 4.78 is 0. The van der Waals surface area contributed by atoms with E-state index in [0.29, 0.717) is 12.2 Å². The van der Waals surface area contributed by atoms with Gasteiger partial charge in [0, 0.05) is 6.42 Å². The van der Waals surface area contributed by atoms with Gasteiger partial charge in [0.25, 0.3) is 0 Å². The summed E-state index contributed by atoms with van der Waals surface area (Å²) >= 11 is 0. The van der Waals surface area contributed by atoms with Crippen LogP contribution in [-0.2, 0) is 11.2 Å². The van der Waals surface area contributed by atoms with Gasteiger partial charge in [0.15, 0.2) is 5.78 Å². The topological polar surface area (TPSA) is 17.1 Å². The number of hydrogen-bond acceptors (Lipinski definition) is 1. The Labute approximate surface area is 161 Å². The highest BCUT2D eigenvalue weighted by Gasteiger charge is 2.32. The van der Waals surface area contributed by atoms with Gasteiger partial charge in [-0.25, -0.2) is 0 Å². The fourth-order valence-electron chi connectivity index (χ4n) is 4.20. The van der Waals surface area contributed by atoms with Crippen LogP contribution >= 0.6 is 0 Å². The molecule has 1 aromatic rings. The summed E-state index contributed by atoms with van der Waals surface area (Å²) in [6.07, 6.45) is 8.37. The SMILES string of the molecule is CCCC1=C(CCC)/C(=C(\CCCc2ccccc2)[Si](C)(C)C)CC1=O. The molecule has 0 spiro atoms. The summed E-state index contributed by atoms with van der Waals surface area (Å²) in [4.78, 5) is 12.7. The molecule has 0 bridgehead atoms. The van der Waals surface area contributed by atoms with Crippen LogP contribution in [0.15, 0.2) is 52.2 Å². The van der Waals surface area contributed by atoms with E-state index in [4.69, 9.17) is 0 Å². The first-order chi connectivity index (χ1) is 12.4. The maximum Gasteiger partial charge on any atom is 0.163 e. The summed E-state index contributed by atoms with van der Waals surface area (Å²) in [6, 6.07) is 10.8. The van der Waals surface area contributed by atoms with Crippen LogP contribution in [0.5, 0.6) is 0 Å². The van der Waals surface area contributed by atoms with Crippen molar-refractivity contribution in [1.29, 1.82) is 0 Å². The molecule has 2 heteroatoms. The molecule has 0 saturated carbocycles. The lowest BCUT2D eigenvalue weighted by molar-refractivity contribution is -0.114. The number of hydrogen-bond donors (Lipinski definition) is 0. The van der Waals surface area contributed by atoms with Crippen LogP contribution in [0, 0.1) is 0 Å². The molecule has 142 valence electrons. The van der Waals surface area contributed by atoms with Crippen molar-refractivity contribution in [2.75, 3.05) is 0 Å². The van der Waals surface area contributed by atoms with E-state index < -0.39 is 8.07 Å². The van der Waals surface area contributed by atoms with Crippen molar-refractivity contribution >= 4 is 13.9 Å². The lowest BCUT2D eigenvalue weighted by Gasteiger charge is -2.25. The van der Waals surface area contributed by atoms with Crippen LogP contribution in [-0.4, -0.2) is 13.9 Å². The van der Waals surface area contributed by atoms with Crippen molar-refractivity contribution in [2.45, 2.75) is 84.9 Å². The van der Waals surface area contributed by atoms with Gasteiger partial charge in [-0.1, -0.05) is 81.9 Å². The van der Waals surface area contributed by atoms with E-state index in [9.17, 15) is 4.79 Å². The highest BCUT2D eigenvalue weighted by molar-refractivity contribution is 6.83. The summed E-state index contributed by atoms with van der Waals surface area (Å²) in [5, 5.41) is 1.65. The minimum absolute atomic E-state index is 0.407. The molecule has 0 heterocycles. The number of rotatable bonds is 9. The van der Waals surface area contributed by atoms with Crippen molar-refractivity contribution in [3.05, 3.63) is 57.8 Å². The highest BCUT2D eigenvalue weighted by Crippen LogP contribution is 2.40. The lowest BCUT2D eigenvalue weighted by atomic mass is 9.98. The fraction of sp³-hybridized carbons (Fsp3) is 0.542. The molecule has 0 fully saturated rings. The Balaban J connectivity index is 2.30. The van der Waals surface area contributed by atoms with Gasteiger partial charge in [-0.15, -0.1) is 0 Å². The van der Waals surface area contributed by atoms with E-state index in [1.54, 1.807) is 5.20 Å². The molecule has 0 amide bonds. The molecule has 0 radical (unpaired) electrons. The molecule has 1 aromatic carbocycles. The average molecular weight is 369 g/mol. The number of aryl methyl sites for hydroxylation is 1. The van der Waals surface area contributed by atoms with Crippen molar-refractivity contribution in [2.24, 2.45) is 0 Å². The minimum atomic E-state index is -1.45. The second-order valence-electron chi connectivity index (χ2n) is 8.60. The Kier molecular flexibility index (Phi) is 7.64. The van der Waals surface area contributed by atoms with Gasteiger partial charge in [0.2, 0.25) is 0 Å². The maximum absolute atomic E-state index is 12.7. The molecule has 0 saturated heterocycles. The maximum atomic E-state index is 12.7. The number of ketones is 1. The number of carbonyl (C=O) groups is 1. The molecule has 0 aromatic heterocycles. The quantitative estimate of drug-likeness (QED) is 0.427. The molecule has 1 aliphatic carbocycles. The van der Waals surface area contributed by atoms with E-state index in [1.165, 1.54) is 23.1 Å². The second-order valence-corrected chi connectivity index (χ2v) is 13.7. The summed E-state index contributed by atoms with van der Waals surface area (Å²) in [6.45, 7) is 11.8. The molecular weight excluding hydrogens is 332 g/mol. The smallest absolute Gasteiger partial charge is 0.163 e. The molecule has 26 heavy (non-hydrogen) atoms. The van der Waals surface area contributed by atoms with Crippen LogP contribution in [0.4, 0.5) is 0 Å². The van der Waals surface area contributed by atoms with Crippen LogP contribution < -0.4 is 0 Å². The van der Waals surface area contributed by atoms with Crippen molar-refractivity contribution < 1.29 is 4.79 Å². The van der Waals surface area contributed by atoms with Gasteiger partial charge in [0.05, 0.1) is 8.07 Å². The fourth-order valence-corrected chi connectivity index (χ4v) is 6.27. The number of benzene rings is 1. The van der Waals surface area contributed by atoms with Gasteiger partial charge in [-0.3, -0.25) is 4.79 Å². The van der Waals surface area contributed by atoms with Gasteiger partial charge in [0.1, 0.15) is 0 Å². The largest absolute Gasteiger partial charge is 0.294 e. The van der Waals surface area contributed by atoms with E-state index in [-0.39, 0.29) is 0 Å². The molecule has 2 rings (SSSR count). The van der Waals surface area contributed by atoms with Crippen LogP contribution in [0.25, 0.3) is 0 Å². The highest BCUT2D eigenvalue weighted by atomic mass is 28.3. The van der Waals surface area contributed by atoms with Crippen LogP contribution in [0.2, 0.25) is 19.6 Å². The predicted octanol–water partition coefficient (Wildman–Crippen LogP) is 7.05. The molecule has 0 N–H and O–H groups in total. The van der Waals surface area contributed by atoms with E-state index in [0.717, 1.165) is 44.1 Å². The van der Waals surface area contributed by atoms with Gasteiger partial charge < -0.3 is 0 Å². The Morgan fingerprint density at radius 2 is 1.54 bits per heavy atom. The Hall–Kier alpha value is -1.41. The number of Topliss-reactive ketones (excluding diaryl/α,β-unsaturated/α-hetero) is 1. The Morgan fingerprint density at radius 1 is 0.923 bits per heavy atom. The second kappa shape index (κ2) is 9.50. The zero-order valence-corrected chi connectivity index (χ0v) is 18.5. The van der Waals surface area contributed by atoms with Crippen molar-refractivity contribution in [3.63, 3.8) is 0 Å². The standard InChI is InChI=1S/C24H36OSi/c1-6-12-20-21(13-7-2)23(25)18-22(20)24(26(3,4)5)17-11-16-19-14-9-8-10-15-19/h8-10,14-15H,6-7,11-13,16-18H2,1-5H3/b24-22+. The zero-order chi connectivity index (χ0) is 19.2. The molecule has 0 unspecified atom stereocenters.